The number of phenols is 1. The molecule has 0 saturated heterocycles. The first kappa shape index (κ1) is 10.5. The van der Waals surface area contributed by atoms with E-state index in [4.69, 9.17) is 4.42 Å². The second-order valence-corrected chi connectivity index (χ2v) is 3.84. The van der Waals surface area contributed by atoms with Gasteiger partial charge in [-0.2, -0.15) is 0 Å². The molecule has 3 aromatic rings. The summed E-state index contributed by atoms with van der Waals surface area (Å²) in [5.74, 6) is 0.289. The first-order chi connectivity index (χ1) is 8.75. The molecule has 1 N–H and O–H groups in total. The molecule has 0 bridgehead atoms. The molecule has 0 aliphatic carbocycles. The number of aromatic nitrogens is 1. The molecule has 0 fully saturated rings. The minimum atomic E-state index is -0.201. The first-order valence-corrected chi connectivity index (χ1v) is 5.43. The number of phenolic OH excluding ortho intramolecular Hbond substituents is 1. The number of para-hydroxylation sites is 1. The van der Waals surface area contributed by atoms with Crippen LogP contribution < -0.4 is 5.43 Å². The molecule has 0 saturated carbocycles. The normalized spacial score (nSPS) is 10.7. The molecule has 2 heterocycles. The summed E-state index contributed by atoms with van der Waals surface area (Å²) >= 11 is 0. The predicted octanol–water partition coefficient (Wildman–Crippen LogP) is 2.56. The highest BCUT2D eigenvalue weighted by molar-refractivity contribution is 5.83. The molecule has 0 aliphatic rings. The van der Waals surface area contributed by atoms with Crippen LogP contribution in [0.5, 0.6) is 5.75 Å². The lowest BCUT2D eigenvalue weighted by Gasteiger charge is -2.03. The molecule has 0 radical (unpaired) electrons. The molecule has 4 nitrogen and oxygen atoms in total. The molecular weight excluding hydrogens is 230 g/mol. The summed E-state index contributed by atoms with van der Waals surface area (Å²) in [4.78, 5) is 16.0. The molecule has 0 spiro atoms. The average molecular weight is 239 g/mol. The van der Waals surface area contributed by atoms with Crippen LogP contribution >= 0.6 is 0 Å². The zero-order valence-electron chi connectivity index (χ0n) is 9.33. The van der Waals surface area contributed by atoms with Gasteiger partial charge in [0.25, 0.3) is 0 Å². The lowest BCUT2D eigenvalue weighted by atomic mass is 10.2. The van der Waals surface area contributed by atoms with E-state index < -0.39 is 0 Å². The fraction of sp³-hybridized carbons (Fsp3) is 0. The van der Waals surface area contributed by atoms with E-state index in [1.165, 1.54) is 12.1 Å². The van der Waals surface area contributed by atoms with Crippen LogP contribution in [0.15, 0.2) is 57.9 Å². The van der Waals surface area contributed by atoms with Crippen LogP contribution in [0.3, 0.4) is 0 Å². The average Bonchev–Trinajstić information content (AvgIpc) is 2.41. The van der Waals surface area contributed by atoms with E-state index in [0.717, 1.165) is 0 Å². The Balaban J connectivity index is 2.34. The maximum atomic E-state index is 11.9. The van der Waals surface area contributed by atoms with E-state index in [9.17, 15) is 9.90 Å². The van der Waals surface area contributed by atoms with E-state index in [0.29, 0.717) is 16.8 Å². The number of hydrogen-bond acceptors (Lipinski definition) is 4. The van der Waals surface area contributed by atoms with Gasteiger partial charge in [-0.15, -0.1) is 0 Å². The Kier molecular flexibility index (Phi) is 2.34. The van der Waals surface area contributed by atoms with Crippen molar-refractivity contribution in [2.24, 2.45) is 0 Å². The second kappa shape index (κ2) is 4.00. The Morgan fingerprint density at radius 2 is 2.00 bits per heavy atom. The van der Waals surface area contributed by atoms with Crippen molar-refractivity contribution in [3.8, 4) is 17.2 Å². The van der Waals surface area contributed by atoms with Gasteiger partial charge in [-0.05, 0) is 24.3 Å². The summed E-state index contributed by atoms with van der Waals surface area (Å²) < 4.78 is 5.55. The zero-order chi connectivity index (χ0) is 12.5. The van der Waals surface area contributed by atoms with Gasteiger partial charge in [-0.3, -0.25) is 9.78 Å². The third-order valence-electron chi connectivity index (χ3n) is 2.65. The lowest BCUT2D eigenvalue weighted by Crippen LogP contribution is -2.00. The fourth-order valence-electron chi connectivity index (χ4n) is 1.80. The van der Waals surface area contributed by atoms with Crippen LogP contribution in [-0.2, 0) is 0 Å². The van der Waals surface area contributed by atoms with Gasteiger partial charge in [0.15, 0.2) is 22.5 Å². The van der Waals surface area contributed by atoms with Crippen LogP contribution in [-0.4, -0.2) is 10.1 Å². The van der Waals surface area contributed by atoms with Crippen molar-refractivity contribution >= 4 is 11.0 Å². The second-order valence-electron chi connectivity index (χ2n) is 3.84. The Labute approximate surface area is 102 Å². The van der Waals surface area contributed by atoms with Gasteiger partial charge in [-0.1, -0.05) is 12.1 Å². The molecule has 0 amide bonds. The molecule has 0 atom stereocenters. The lowest BCUT2D eigenvalue weighted by molar-refractivity contribution is 0.464. The number of nitrogens with zero attached hydrogens (tertiary/aromatic N) is 1. The smallest absolute Gasteiger partial charge is 0.193 e. The van der Waals surface area contributed by atoms with E-state index in [2.05, 4.69) is 4.98 Å². The number of hydrogen-bond donors (Lipinski definition) is 1. The van der Waals surface area contributed by atoms with Crippen molar-refractivity contribution in [1.29, 1.82) is 0 Å². The first-order valence-electron chi connectivity index (χ1n) is 5.43. The van der Waals surface area contributed by atoms with E-state index in [-0.39, 0.29) is 16.8 Å². The highest BCUT2D eigenvalue weighted by Gasteiger charge is 2.09. The van der Waals surface area contributed by atoms with E-state index in [1.54, 1.807) is 36.5 Å². The fourth-order valence-corrected chi connectivity index (χ4v) is 1.80. The molecule has 2 aromatic heterocycles. The van der Waals surface area contributed by atoms with Gasteiger partial charge >= 0.3 is 0 Å². The zero-order valence-corrected chi connectivity index (χ0v) is 9.33. The standard InChI is InChI=1S/C14H9NO3/c16-11-6-3-4-9-12(17)8-13(18-14(9)11)10-5-1-2-7-15-10/h1-8,16H. The highest BCUT2D eigenvalue weighted by Crippen LogP contribution is 2.26. The largest absolute Gasteiger partial charge is 0.504 e. The third kappa shape index (κ3) is 1.64. The third-order valence-corrected chi connectivity index (χ3v) is 2.65. The van der Waals surface area contributed by atoms with Crippen LogP contribution in [0, 0.1) is 0 Å². The number of benzene rings is 1. The molecule has 1 aromatic carbocycles. The summed E-state index contributed by atoms with van der Waals surface area (Å²) in [6, 6.07) is 11.4. The van der Waals surface area contributed by atoms with Crippen molar-refractivity contribution in [3.63, 3.8) is 0 Å². The van der Waals surface area contributed by atoms with Crippen molar-refractivity contribution < 1.29 is 9.52 Å². The number of pyridine rings is 1. The van der Waals surface area contributed by atoms with Crippen molar-refractivity contribution in [1.82, 2.24) is 4.98 Å². The van der Waals surface area contributed by atoms with Crippen LogP contribution in [0.2, 0.25) is 0 Å². The monoisotopic (exact) mass is 239 g/mol. The van der Waals surface area contributed by atoms with Crippen LogP contribution in [0.4, 0.5) is 0 Å². The summed E-state index contributed by atoms with van der Waals surface area (Å²) in [6.07, 6.45) is 1.62. The number of rotatable bonds is 1. The Hall–Kier alpha value is -2.62. The minimum absolute atomic E-state index is 0.0534. The Bertz CT molecular complexity index is 763. The van der Waals surface area contributed by atoms with E-state index >= 15 is 0 Å². The SMILES string of the molecule is O=c1cc(-c2ccccn2)oc2c(O)cccc12. The van der Waals surface area contributed by atoms with Crippen molar-refractivity contribution in [3.05, 3.63) is 58.9 Å². The molecule has 3 rings (SSSR count). The van der Waals surface area contributed by atoms with Crippen molar-refractivity contribution in [2.75, 3.05) is 0 Å². The Morgan fingerprint density at radius 3 is 2.78 bits per heavy atom. The Morgan fingerprint density at radius 1 is 1.11 bits per heavy atom. The molecule has 0 aliphatic heterocycles. The van der Waals surface area contributed by atoms with Crippen molar-refractivity contribution in [2.45, 2.75) is 0 Å². The summed E-state index contributed by atoms with van der Waals surface area (Å²) in [5.41, 5.74) is 0.540. The van der Waals surface area contributed by atoms with Gasteiger partial charge < -0.3 is 9.52 Å². The van der Waals surface area contributed by atoms with E-state index in [1.807, 2.05) is 0 Å². The van der Waals surface area contributed by atoms with Gasteiger partial charge in [0.05, 0.1) is 5.39 Å². The number of fused-ring (bicyclic) bond motifs is 1. The molecule has 4 heteroatoms. The molecule has 88 valence electrons. The quantitative estimate of drug-likeness (QED) is 0.708. The number of aromatic hydroxyl groups is 1. The highest BCUT2D eigenvalue weighted by atomic mass is 16.4. The molecule has 18 heavy (non-hydrogen) atoms. The summed E-state index contributed by atoms with van der Waals surface area (Å²) in [6.45, 7) is 0. The maximum Gasteiger partial charge on any atom is 0.193 e. The van der Waals surface area contributed by atoms with Gasteiger partial charge in [0.1, 0.15) is 5.69 Å². The minimum Gasteiger partial charge on any atom is -0.504 e. The van der Waals surface area contributed by atoms with Gasteiger partial charge in [-0.25, -0.2) is 0 Å². The maximum absolute atomic E-state index is 11.9. The van der Waals surface area contributed by atoms with Crippen LogP contribution in [0.25, 0.3) is 22.4 Å². The van der Waals surface area contributed by atoms with Gasteiger partial charge in [0, 0.05) is 12.3 Å². The summed E-state index contributed by atoms with van der Waals surface area (Å²) in [5, 5.41) is 10.1. The molecular formula is C14H9NO3. The summed E-state index contributed by atoms with van der Waals surface area (Å²) in [7, 11) is 0. The van der Waals surface area contributed by atoms with Crippen LogP contribution in [0.1, 0.15) is 0 Å². The topological polar surface area (TPSA) is 63.3 Å². The predicted molar refractivity (Wildman–Crippen MR) is 67.4 cm³/mol. The molecule has 0 unspecified atom stereocenters. The van der Waals surface area contributed by atoms with Gasteiger partial charge in [0.2, 0.25) is 0 Å².